The summed E-state index contributed by atoms with van der Waals surface area (Å²) >= 11 is 0. The van der Waals surface area contributed by atoms with Gasteiger partial charge in [0.25, 0.3) is 5.91 Å². The number of hydrogen-bond acceptors (Lipinski definition) is 4. The average molecular weight is 351 g/mol. The second-order valence-corrected chi connectivity index (χ2v) is 6.38. The molecule has 0 aliphatic carbocycles. The quantitative estimate of drug-likeness (QED) is 0.731. The summed E-state index contributed by atoms with van der Waals surface area (Å²) in [6.45, 7) is 7.32. The molecule has 0 bridgehead atoms. The highest BCUT2D eigenvalue weighted by Gasteiger charge is 2.21. The number of benzene rings is 1. The Morgan fingerprint density at radius 1 is 1.15 bits per heavy atom. The van der Waals surface area contributed by atoms with Crippen LogP contribution in [-0.4, -0.2) is 27.4 Å². The third-order valence-electron chi connectivity index (χ3n) is 4.21. The molecule has 3 aromatic rings. The van der Waals surface area contributed by atoms with Crippen molar-refractivity contribution in [3.05, 3.63) is 65.1 Å². The molecule has 1 atom stereocenters. The molecule has 6 nitrogen and oxygen atoms in total. The van der Waals surface area contributed by atoms with Gasteiger partial charge < -0.3 is 14.5 Å². The van der Waals surface area contributed by atoms with Gasteiger partial charge in [-0.2, -0.15) is 0 Å². The highest BCUT2D eigenvalue weighted by atomic mass is 16.5. The Hall–Kier alpha value is -3.15. The van der Waals surface area contributed by atoms with Gasteiger partial charge in [-0.05, 0) is 57.0 Å². The van der Waals surface area contributed by atoms with Crippen LogP contribution in [0.25, 0.3) is 5.65 Å². The molecule has 1 amide bonds. The molecular weight excluding hydrogens is 330 g/mol. The first-order valence-corrected chi connectivity index (χ1v) is 8.39. The molecule has 2 heterocycles. The standard InChI is InChI=1S/C20H21N3O3/c1-12-8-9-13(2)16(10-12)22-19(24)15(4)26-20(25)17-11-23-14(3)6-5-7-18(23)21-17/h5-11,15H,1-4H3,(H,22,24). The summed E-state index contributed by atoms with van der Waals surface area (Å²) in [5.74, 6) is -1.01. The number of pyridine rings is 1. The minimum Gasteiger partial charge on any atom is -0.448 e. The van der Waals surface area contributed by atoms with Crippen LogP contribution in [0.5, 0.6) is 0 Å². The summed E-state index contributed by atoms with van der Waals surface area (Å²) < 4.78 is 7.09. The van der Waals surface area contributed by atoms with Gasteiger partial charge in [-0.15, -0.1) is 0 Å². The first-order valence-electron chi connectivity index (χ1n) is 8.39. The van der Waals surface area contributed by atoms with Crippen molar-refractivity contribution in [2.24, 2.45) is 0 Å². The van der Waals surface area contributed by atoms with Crippen molar-refractivity contribution in [1.82, 2.24) is 9.38 Å². The first-order chi connectivity index (χ1) is 12.3. The van der Waals surface area contributed by atoms with Crippen molar-refractivity contribution >= 4 is 23.2 Å². The predicted molar refractivity (Wildman–Crippen MR) is 99.4 cm³/mol. The van der Waals surface area contributed by atoms with Crippen LogP contribution in [0, 0.1) is 20.8 Å². The molecule has 1 N–H and O–H groups in total. The van der Waals surface area contributed by atoms with Gasteiger partial charge in [0.2, 0.25) is 0 Å². The molecule has 6 heteroatoms. The topological polar surface area (TPSA) is 72.7 Å². The smallest absolute Gasteiger partial charge is 0.359 e. The van der Waals surface area contributed by atoms with Gasteiger partial charge in [0.05, 0.1) is 0 Å². The van der Waals surface area contributed by atoms with E-state index in [0.29, 0.717) is 11.3 Å². The number of amides is 1. The van der Waals surface area contributed by atoms with Crippen LogP contribution in [0.4, 0.5) is 5.69 Å². The summed E-state index contributed by atoms with van der Waals surface area (Å²) in [5, 5.41) is 2.80. The Balaban J connectivity index is 1.70. The number of aryl methyl sites for hydroxylation is 3. The zero-order chi connectivity index (χ0) is 18.8. The normalized spacial score (nSPS) is 12.0. The van der Waals surface area contributed by atoms with Gasteiger partial charge >= 0.3 is 5.97 Å². The fourth-order valence-electron chi connectivity index (χ4n) is 2.63. The fourth-order valence-corrected chi connectivity index (χ4v) is 2.63. The van der Waals surface area contributed by atoms with Crippen LogP contribution >= 0.6 is 0 Å². The Morgan fingerprint density at radius 3 is 2.65 bits per heavy atom. The second-order valence-electron chi connectivity index (χ2n) is 6.38. The van der Waals surface area contributed by atoms with E-state index in [-0.39, 0.29) is 11.6 Å². The van der Waals surface area contributed by atoms with E-state index in [0.717, 1.165) is 16.8 Å². The number of ether oxygens (including phenoxy) is 1. The van der Waals surface area contributed by atoms with Gasteiger partial charge in [-0.3, -0.25) is 4.79 Å². The molecular formula is C20H21N3O3. The largest absolute Gasteiger partial charge is 0.448 e. The maximum Gasteiger partial charge on any atom is 0.359 e. The maximum atomic E-state index is 12.4. The van der Waals surface area contributed by atoms with Crippen LogP contribution in [-0.2, 0) is 9.53 Å². The van der Waals surface area contributed by atoms with E-state index in [9.17, 15) is 9.59 Å². The van der Waals surface area contributed by atoms with Gasteiger partial charge in [0, 0.05) is 17.6 Å². The summed E-state index contributed by atoms with van der Waals surface area (Å²) in [4.78, 5) is 28.9. The van der Waals surface area contributed by atoms with Crippen molar-refractivity contribution in [2.75, 3.05) is 5.32 Å². The van der Waals surface area contributed by atoms with E-state index in [1.165, 1.54) is 0 Å². The third kappa shape index (κ3) is 3.59. The van der Waals surface area contributed by atoms with Crippen LogP contribution in [0.3, 0.4) is 0 Å². The number of anilines is 1. The molecule has 0 saturated heterocycles. The lowest BCUT2D eigenvalue weighted by molar-refractivity contribution is -0.123. The van der Waals surface area contributed by atoms with E-state index in [1.54, 1.807) is 23.6 Å². The van der Waals surface area contributed by atoms with Gasteiger partial charge in [0.1, 0.15) is 5.65 Å². The minimum atomic E-state index is -0.937. The van der Waals surface area contributed by atoms with E-state index in [4.69, 9.17) is 4.74 Å². The van der Waals surface area contributed by atoms with Gasteiger partial charge in [-0.1, -0.05) is 18.2 Å². The van der Waals surface area contributed by atoms with Crippen LogP contribution < -0.4 is 5.32 Å². The highest BCUT2D eigenvalue weighted by molar-refractivity contribution is 5.97. The van der Waals surface area contributed by atoms with Crippen LogP contribution in [0.15, 0.2) is 42.6 Å². The molecule has 1 aromatic carbocycles. The van der Waals surface area contributed by atoms with Crippen molar-refractivity contribution in [2.45, 2.75) is 33.8 Å². The molecule has 3 rings (SSSR count). The first kappa shape index (κ1) is 17.7. The number of imidazole rings is 1. The summed E-state index contributed by atoms with van der Waals surface area (Å²) in [7, 11) is 0. The molecule has 1 unspecified atom stereocenters. The van der Waals surface area contributed by atoms with Gasteiger partial charge in [0.15, 0.2) is 11.8 Å². The summed E-state index contributed by atoms with van der Waals surface area (Å²) in [6, 6.07) is 11.4. The lowest BCUT2D eigenvalue weighted by Crippen LogP contribution is -2.30. The molecule has 134 valence electrons. The van der Waals surface area contributed by atoms with E-state index in [2.05, 4.69) is 10.3 Å². The number of esters is 1. The van der Waals surface area contributed by atoms with E-state index >= 15 is 0 Å². The van der Waals surface area contributed by atoms with E-state index < -0.39 is 12.1 Å². The molecule has 0 aliphatic heterocycles. The number of nitrogens with one attached hydrogen (secondary N) is 1. The number of hydrogen-bond donors (Lipinski definition) is 1. The molecule has 26 heavy (non-hydrogen) atoms. The van der Waals surface area contributed by atoms with Crippen molar-refractivity contribution in [1.29, 1.82) is 0 Å². The van der Waals surface area contributed by atoms with E-state index in [1.807, 2.05) is 51.1 Å². The van der Waals surface area contributed by atoms with Crippen LogP contribution in [0.1, 0.15) is 34.2 Å². The lowest BCUT2D eigenvalue weighted by atomic mass is 10.1. The lowest BCUT2D eigenvalue weighted by Gasteiger charge is -2.14. The number of aromatic nitrogens is 2. The highest BCUT2D eigenvalue weighted by Crippen LogP contribution is 2.17. The van der Waals surface area contributed by atoms with Crippen LogP contribution in [0.2, 0.25) is 0 Å². The molecule has 0 fully saturated rings. The minimum absolute atomic E-state index is 0.172. The number of rotatable bonds is 4. The van der Waals surface area contributed by atoms with Crippen molar-refractivity contribution in [3.63, 3.8) is 0 Å². The monoisotopic (exact) mass is 351 g/mol. The molecule has 0 spiro atoms. The van der Waals surface area contributed by atoms with Crippen molar-refractivity contribution < 1.29 is 14.3 Å². The molecule has 2 aromatic heterocycles. The molecule has 0 aliphatic rings. The Labute approximate surface area is 151 Å². The second kappa shape index (κ2) is 7.00. The van der Waals surface area contributed by atoms with Crippen molar-refractivity contribution in [3.8, 4) is 0 Å². The zero-order valence-corrected chi connectivity index (χ0v) is 15.2. The predicted octanol–water partition coefficient (Wildman–Crippen LogP) is 3.44. The SMILES string of the molecule is Cc1ccc(C)c(NC(=O)C(C)OC(=O)c2cn3c(C)cccc3n2)c1. The molecule has 0 saturated carbocycles. The Morgan fingerprint density at radius 2 is 1.92 bits per heavy atom. The number of nitrogens with zero attached hydrogens (tertiary/aromatic N) is 2. The maximum absolute atomic E-state index is 12.4. The molecule has 0 radical (unpaired) electrons. The summed E-state index contributed by atoms with van der Waals surface area (Å²) in [5.41, 5.74) is 4.47. The average Bonchev–Trinajstić information content (AvgIpc) is 3.04. The Bertz CT molecular complexity index is 991. The van der Waals surface area contributed by atoms with Gasteiger partial charge in [-0.25, -0.2) is 9.78 Å². The number of fused-ring (bicyclic) bond motifs is 1. The summed E-state index contributed by atoms with van der Waals surface area (Å²) in [6.07, 6.45) is 0.677. The zero-order valence-electron chi connectivity index (χ0n) is 15.2. The fraction of sp³-hybridized carbons (Fsp3) is 0.250. The number of carbonyl (C=O) groups excluding carboxylic acids is 2. The third-order valence-corrected chi connectivity index (χ3v) is 4.21. The Kier molecular flexibility index (Phi) is 4.75. The number of carbonyl (C=O) groups is 2.